The number of carbonyl (C=O) groups excluding carboxylic acids is 6. The number of esters is 2. The van der Waals surface area contributed by atoms with Crippen molar-refractivity contribution in [3.05, 3.63) is 35.4 Å². The van der Waals surface area contributed by atoms with E-state index in [9.17, 15) is 28.8 Å². The van der Waals surface area contributed by atoms with Crippen LogP contribution in [-0.4, -0.2) is 57.9 Å². The zero-order valence-electron chi connectivity index (χ0n) is 28.4. The molecule has 0 radical (unpaired) electrons. The molecule has 1 aliphatic rings. The molecule has 0 saturated carbocycles. The number of unbranched alkanes of at least 4 members (excludes halogenated alkanes) is 5. The highest BCUT2D eigenvalue weighted by atomic mass is 16.7. The van der Waals surface area contributed by atoms with Gasteiger partial charge in [-0.2, -0.15) is 0 Å². The van der Waals surface area contributed by atoms with E-state index in [1.54, 1.807) is 20.8 Å². The van der Waals surface area contributed by atoms with Crippen LogP contribution < -0.4 is 5.32 Å². The summed E-state index contributed by atoms with van der Waals surface area (Å²) < 4.78 is 10.8. The first-order valence-electron chi connectivity index (χ1n) is 16.4. The van der Waals surface area contributed by atoms with E-state index in [0.29, 0.717) is 24.3 Å². The molecule has 1 heterocycles. The van der Waals surface area contributed by atoms with Gasteiger partial charge < -0.3 is 19.6 Å². The minimum Gasteiger partial charge on any atom is -0.460 e. The lowest BCUT2D eigenvalue weighted by Gasteiger charge is -2.24. The van der Waals surface area contributed by atoms with Gasteiger partial charge in [-0.1, -0.05) is 49.9 Å². The van der Waals surface area contributed by atoms with Gasteiger partial charge in [-0.3, -0.25) is 19.2 Å². The highest BCUT2D eigenvalue weighted by Crippen LogP contribution is 2.17. The first-order valence-corrected chi connectivity index (χ1v) is 16.4. The Morgan fingerprint density at radius 2 is 1.22 bits per heavy atom. The quantitative estimate of drug-likeness (QED) is 0.125. The molecule has 0 aromatic heterocycles. The van der Waals surface area contributed by atoms with E-state index in [1.807, 2.05) is 20.8 Å². The Morgan fingerprint density at radius 1 is 0.696 bits per heavy atom. The summed E-state index contributed by atoms with van der Waals surface area (Å²) in [5, 5.41) is 3.13. The number of nitrogens with one attached hydrogen (secondary N) is 1. The number of amides is 3. The lowest BCUT2D eigenvalue weighted by Crippen LogP contribution is -2.44. The molecule has 1 N–H and O–H groups in total. The summed E-state index contributed by atoms with van der Waals surface area (Å²) in [7, 11) is 0. The number of imide groups is 1. The minimum absolute atomic E-state index is 0.0158. The van der Waals surface area contributed by atoms with Gasteiger partial charge in [0.1, 0.15) is 17.2 Å². The maximum Gasteiger partial charge on any atom is 0.333 e. The maximum absolute atomic E-state index is 12.7. The van der Waals surface area contributed by atoms with E-state index in [1.165, 1.54) is 5.56 Å². The lowest BCUT2D eigenvalue weighted by atomic mass is 10.0. The summed E-state index contributed by atoms with van der Waals surface area (Å²) in [5.74, 6) is -3.19. The van der Waals surface area contributed by atoms with Gasteiger partial charge in [0.2, 0.25) is 5.91 Å². The highest BCUT2D eigenvalue weighted by molar-refractivity contribution is 6.01. The predicted octanol–water partition coefficient (Wildman–Crippen LogP) is 5.45. The van der Waals surface area contributed by atoms with Crippen LogP contribution in [0.3, 0.4) is 0 Å². The summed E-state index contributed by atoms with van der Waals surface area (Å²) in [6.07, 6.45) is 7.57. The topological polar surface area (TPSA) is 145 Å². The molecule has 0 unspecified atom stereocenters. The van der Waals surface area contributed by atoms with Crippen molar-refractivity contribution in [3.63, 3.8) is 0 Å². The van der Waals surface area contributed by atoms with Crippen LogP contribution in [0.25, 0.3) is 0 Å². The third kappa shape index (κ3) is 16.0. The Bertz CT molecular complexity index is 1180. The van der Waals surface area contributed by atoms with Gasteiger partial charge in [0.15, 0.2) is 0 Å². The molecule has 2 rings (SSSR count). The Hall–Kier alpha value is -3.76. The van der Waals surface area contributed by atoms with Crippen LogP contribution in [-0.2, 0) is 55.9 Å². The Labute approximate surface area is 273 Å². The number of rotatable bonds is 18. The van der Waals surface area contributed by atoms with Gasteiger partial charge in [0, 0.05) is 25.7 Å². The van der Waals surface area contributed by atoms with Gasteiger partial charge in [-0.25, -0.2) is 9.59 Å². The van der Waals surface area contributed by atoms with Crippen molar-refractivity contribution in [2.24, 2.45) is 0 Å². The molecule has 11 heteroatoms. The molecule has 0 spiro atoms. The molecule has 0 aliphatic carbocycles. The van der Waals surface area contributed by atoms with E-state index < -0.39 is 41.0 Å². The standard InChI is InChI=1S/C35H52N2O9/c1-34(2,3)44-31(41)23-19-26-17-15-25(16-18-26)13-11-9-7-8-10-12-14-28(38)36-27(33(43)45-35(4,5)6)20-24-32(42)46-37-29(39)21-22-30(37)40/h15-18,27H,7-14,19-24H2,1-6H3,(H,36,38)/t27-/m0/s1. The van der Waals surface area contributed by atoms with Crippen molar-refractivity contribution < 1.29 is 43.1 Å². The fourth-order valence-electron chi connectivity index (χ4n) is 4.79. The fraction of sp³-hybridized carbons (Fsp3) is 0.657. The molecule has 0 bridgehead atoms. The van der Waals surface area contributed by atoms with E-state index in [-0.39, 0.29) is 44.0 Å². The number of hydrogen-bond acceptors (Lipinski definition) is 9. The SMILES string of the molecule is CC(C)(C)OC(=O)CCc1ccc(CCCCCCCCC(=O)N[C@@H](CCC(=O)ON2C(=O)CCC2=O)C(=O)OC(C)(C)C)cc1. The van der Waals surface area contributed by atoms with Crippen molar-refractivity contribution in [1.82, 2.24) is 10.4 Å². The Morgan fingerprint density at radius 3 is 1.78 bits per heavy atom. The minimum atomic E-state index is -1.07. The van der Waals surface area contributed by atoms with Crippen molar-refractivity contribution in [1.29, 1.82) is 0 Å². The molecule has 1 fully saturated rings. The zero-order chi connectivity index (χ0) is 34.3. The number of nitrogens with zero attached hydrogens (tertiary/aromatic N) is 1. The molecule has 3 amide bonds. The summed E-state index contributed by atoms with van der Waals surface area (Å²) in [6, 6.07) is 7.31. The molecular formula is C35H52N2O9. The smallest absolute Gasteiger partial charge is 0.333 e. The van der Waals surface area contributed by atoms with Gasteiger partial charge in [-0.05, 0) is 84.8 Å². The number of ether oxygens (including phenoxy) is 2. The average molecular weight is 645 g/mol. The van der Waals surface area contributed by atoms with E-state index in [2.05, 4.69) is 29.6 Å². The fourth-order valence-corrected chi connectivity index (χ4v) is 4.79. The van der Waals surface area contributed by atoms with Crippen LogP contribution >= 0.6 is 0 Å². The number of aryl methyl sites for hydroxylation is 2. The van der Waals surface area contributed by atoms with Crippen molar-refractivity contribution >= 4 is 35.6 Å². The largest absolute Gasteiger partial charge is 0.460 e. The number of hydrogen-bond donors (Lipinski definition) is 1. The number of carbonyl (C=O) groups is 6. The van der Waals surface area contributed by atoms with Crippen LogP contribution in [0.1, 0.15) is 130 Å². The molecule has 1 aromatic rings. The summed E-state index contributed by atoms with van der Waals surface area (Å²) in [5.41, 5.74) is 1.13. The Kier molecular flexibility index (Phi) is 15.4. The molecule has 1 atom stereocenters. The van der Waals surface area contributed by atoms with Gasteiger partial charge in [-0.15, -0.1) is 5.06 Å². The monoisotopic (exact) mass is 644 g/mol. The zero-order valence-corrected chi connectivity index (χ0v) is 28.4. The summed E-state index contributed by atoms with van der Waals surface area (Å²) in [6.45, 7) is 10.7. The summed E-state index contributed by atoms with van der Waals surface area (Å²) >= 11 is 0. The van der Waals surface area contributed by atoms with Crippen molar-refractivity contribution in [3.8, 4) is 0 Å². The van der Waals surface area contributed by atoms with E-state index >= 15 is 0 Å². The van der Waals surface area contributed by atoms with E-state index in [4.69, 9.17) is 14.3 Å². The average Bonchev–Trinajstić information content (AvgIpc) is 3.26. The van der Waals surface area contributed by atoms with E-state index in [0.717, 1.165) is 44.1 Å². The highest BCUT2D eigenvalue weighted by Gasteiger charge is 2.33. The van der Waals surface area contributed by atoms with Gasteiger partial charge >= 0.3 is 17.9 Å². The molecule has 1 aromatic carbocycles. The maximum atomic E-state index is 12.7. The van der Waals surface area contributed by atoms with Gasteiger partial charge in [0.25, 0.3) is 11.8 Å². The van der Waals surface area contributed by atoms with Crippen LogP contribution in [0.5, 0.6) is 0 Å². The van der Waals surface area contributed by atoms with Crippen molar-refractivity contribution in [2.45, 2.75) is 149 Å². The second-order valence-corrected chi connectivity index (χ2v) is 13.8. The van der Waals surface area contributed by atoms with Crippen molar-refractivity contribution in [2.75, 3.05) is 0 Å². The molecule has 1 aliphatic heterocycles. The second kappa shape index (κ2) is 18.4. The number of hydroxylamine groups is 2. The molecule has 46 heavy (non-hydrogen) atoms. The first kappa shape index (κ1) is 38.4. The van der Waals surface area contributed by atoms with Crippen LogP contribution in [0.4, 0.5) is 0 Å². The van der Waals surface area contributed by atoms with Crippen LogP contribution in [0.15, 0.2) is 24.3 Å². The Balaban J connectivity index is 1.64. The summed E-state index contributed by atoms with van der Waals surface area (Å²) in [4.78, 5) is 77.7. The van der Waals surface area contributed by atoms with Crippen LogP contribution in [0, 0.1) is 0 Å². The lowest BCUT2D eigenvalue weighted by molar-refractivity contribution is -0.197. The first-order chi connectivity index (χ1) is 21.5. The van der Waals surface area contributed by atoms with Gasteiger partial charge in [0.05, 0.1) is 6.42 Å². The molecular weight excluding hydrogens is 592 g/mol. The van der Waals surface area contributed by atoms with Crippen LogP contribution in [0.2, 0.25) is 0 Å². The molecule has 1 saturated heterocycles. The second-order valence-electron chi connectivity index (χ2n) is 13.8. The third-order valence-corrected chi connectivity index (χ3v) is 7.04. The predicted molar refractivity (Wildman–Crippen MR) is 171 cm³/mol. The normalized spacial score (nSPS) is 14.2. The molecule has 256 valence electrons. The third-order valence-electron chi connectivity index (χ3n) is 7.04. The number of benzene rings is 1. The molecule has 11 nitrogen and oxygen atoms in total.